The Morgan fingerprint density at radius 2 is 1.83 bits per heavy atom. The fraction of sp³-hybridized carbons (Fsp3) is 0.500. The summed E-state index contributed by atoms with van der Waals surface area (Å²) in [5.41, 5.74) is 2.85. The molecule has 0 heterocycles. The third-order valence-electron chi connectivity index (χ3n) is 5.65. The van der Waals surface area contributed by atoms with Gasteiger partial charge in [0.05, 0.1) is 12.2 Å². The molecule has 0 fully saturated rings. The maximum absolute atomic E-state index is 11.7. The lowest BCUT2D eigenvalue weighted by Crippen LogP contribution is -2.40. The minimum Gasteiger partial charge on any atom is -0.444 e. The van der Waals surface area contributed by atoms with Crippen molar-refractivity contribution in [1.29, 1.82) is 0 Å². The Kier molecular flexibility index (Phi) is 8.53. The molecule has 30 heavy (non-hydrogen) atoms. The average molecular weight is 423 g/mol. The van der Waals surface area contributed by atoms with Gasteiger partial charge in [-0.3, -0.25) is 4.79 Å². The highest BCUT2D eigenvalue weighted by atomic mass is 28.4. The number of carbonyl (C=O) groups is 1. The predicted octanol–water partition coefficient (Wildman–Crippen LogP) is 6.10. The first-order valence-corrected chi connectivity index (χ1v) is 13.6. The lowest BCUT2D eigenvalue weighted by Gasteiger charge is -2.36. The van der Waals surface area contributed by atoms with E-state index < -0.39 is 14.4 Å². The zero-order chi connectivity index (χ0) is 22.2. The highest BCUT2D eigenvalue weighted by molar-refractivity contribution is 6.74. The number of esters is 1. The van der Waals surface area contributed by atoms with Gasteiger partial charge < -0.3 is 9.16 Å². The van der Waals surface area contributed by atoms with Crippen LogP contribution in [0.25, 0.3) is 6.08 Å². The molecule has 0 aliphatic heterocycles. The SMILES string of the molecule is CC(=O)OC1C#CCCCCC#C/C1=C\c1ccccc1CO[Si](C)(C)C(C)(C)C. The van der Waals surface area contributed by atoms with Crippen molar-refractivity contribution in [3.8, 4) is 23.7 Å². The smallest absolute Gasteiger partial charge is 0.304 e. The Morgan fingerprint density at radius 1 is 1.17 bits per heavy atom. The zero-order valence-electron chi connectivity index (χ0n) is 19.2. The van der Waals surface area contributed by atoms with Crippen LogP contribution in [0.15, 0.2) is 29.8 Å². The van der Waals surface area contributed by atoms with Gasteiger partial charge in [0.25, 0.3) is 0 Å². The Bertz CT molecular complexity index is 898. The van der Waals surface area contributed by atoms with Gasteiger partial charge in [0, 0.05) is 19.8 Å². The highest BCUT2D eigenvalue weighted by Gasteiger charge is 2.37. The van der Waals surface area contributed by atoms with Crippen molar-refractivity contribution in [1.82, 2.24) is 0 Å². The molecule has 0 saturated heterocycles. The summed E-state index contributed by atoms with van der Waals surface area (Å²) in [7, 11) is -1.87. The van der Waals surface area contributed by atoms with Crippen LogP contribution in [0.2, 0.25) is 18.1 Å². The monoisotopic (exact) mass is 422 g/mol. The molecule has 0 spiro atoms. The fourth-order valence-corrected chi connectivity index (χ4v) is 3.67. The van der Waals surface area contributed by atoms with Crippen molar-refractivity contribution in [2.45, 2.75) is 84.2 Å². The molecule has 3 nitrogen and oxygen atoms in total. The van der Waals surface area contributed by atoms with E-state index in [1.165, 1.54) is 6.92 Å². The van der Waals surface area contributed by atoms with E-state index in [1.54, 1.807) is 0 Å². The third kappa shape index (κ3) is 7.20. The first-order chi connectivity index (χ1) is 14.1. The molecule has 0 aromatic heterocycles. The van der Waals surface area contributed by atoms with Gasteiger partial charge in [-0.05, 0) is 48.2 Å². The first-order valence-electron chi connectivity index (χ1n) is 10.7. The van der Waals surface area contributed by atoms with Crippen LogP contribution in [0.5, 0.6) is 0 Å². The lowest BCUT2D eigenvalue weighted by molar-refractivity contribution is -0.142. The molecule has 0 bridgehead atoms. The van der Waals surface area contributed by atoms with E-state index in [0.717, 1.165) is 42.4 Å². The second kappa shape index (κ2) is 10.7. The summed E-state index contributed by atoms with van der Waals surface area (Å²) in [6, 6.07) is 8.16. The number of benzene rings is 1. The van der Waals surface area contributed by atoms with Crippen molar-refractivity contribution >= 4 is 20.4 Å². The first kappa shape index (κ1) is 24.0. The van der Waals surface area contributed by atoms with Gasteiger partial charge in [0.1, 0.15) is 0 Å². The van der Waals surface area contributed by atoms with Crippen LogP contribution in [0.3, 0.4) is 0 Å². The van der Waals surface area contributed by atoms with E-state index in [2.05, 4.69) is 69.7 Å². The van der Waals surface area contributed by atoms with Crippen LogP contribution in [0, 0.1) is 23.7 Å². The second-order valence-corrected chi connectivity index (χ2v) is 14.0. The molecule has 1 aliphatic rings. The van der Waals surface area contributed by atoms with E-state index in [0.29, 0.717) is 6.61 Å². The van der Waals surface area contributed by atoms with Crippen molar-refractivity contribution in [2.24, 2.45) is 0 Å². The van der Waals surface area contributed by atoms with E-state index in [4.69, 9.17) is 9.16 Å². The molecule has 0 saturated carbocycles. The van der Waals surface area contributed by atoms with Gasteiger partial charge in [-0.1, -0.05) is 68.7 Å². The summed E-state index contributed by atoms with van der Waals surface area (Å²) < 4.78 is 11.9. The normalized spacial score (nSPS) is 18.6. The molecular weight excluding hydrogens is 388 g/mol. The molecule has 2 rings (SSSR count). The minimum atomic E-state index is -1.87. The molecule has 0 radical (unpaired) electrons. The summed E-state index contributed by atoms with van der Waals surface area (Å²) in [6.07, 6.45) is 5.03. The molecule has 1 aliphatic carbocycles. The standard InChI is InChI=1S/C26H34O3Si/c1-21(27)29-25-18-12-10-8-7-9-11-16-23(25)19-22-15-13-14-17-24(22)20-28-30(5,6)26(2,3)4/h13-15,17,19,25H,7-10,20H2,1-6H3/b23-19+. The Balaban J connectivity index is 2.39. The summed E-state index contributed by atoms with van der Waals surface area (Å²) in [4.78, 5) is 11.7. The van der Waals surface area contributed by atoms with Crippen molar-refractivity contribution < 1.29 is 14.0 Å². The zero-order valence-corrected chi connectivity index (χ0v) is 20.2. The summed E-state index contributed by atoms with van der Waals surface area (Å²) in [5.74, 6) is 12.3. The number of ether oxygens (including phenoxy) is 1. The number of hydrogen-bond donors (Lipinski definition) is 0. The highest BCUT2D eigenvalue weighted by Crippen LogP contribution is 2.37. The second-order valence-electron chi connectivity index (χ2n) is 9.17. The topological polar surface area (TPSA) is 35.5 Å². The number of rotatable bonds is 5. The van der Waals surface area contributed by atoms with Crippen molar-refractivity contribution in [3.05, 3.63) is 41.0 Å². The summed E-state index contributed by atoms with van der Waals surface area (Å²) in [6.45, 7) is 13.2. The van der Waals surface area contributed by atoms with Gasteiger partial charge in [-0.25, -0.2) is 0 Å². The quantitative estimate of drug-likeness (QED) is 0.326. The van der Waals surface area contributed by atoms with Crippen LogP contribution in [0.1, 0.15) is 64.5 Å². The lowest BCUT2D eigenvalue weighted by atomic mass is 10.0. The number of hydrogen-bond acceptors (Lipinski definition) is 3. The summed E-state index contributed by atoms with van der Waals surface area (Å²) in [5, 5.41) is 0.151. The van der Waals surface area contributed by atoms with E-state index in [9.17, 15) is 4.79 Å². The van der Waals surface area contributed by atoms with Gasteiger partial charge in [-0.15, -0.1) is 0 Å². The molecule has 160 valence electrons. The van der Waals surface area contributed by atoms with Crippen LogP contribution in [-0.2, 0) is 20.6 Å². The molecule has 1 aromatic carbocycles. The molecule has 0 N–H and O–H groups in total. The molecule has 1 unspecified atom stereocenters. The van der Waals surface area contributed by atoms with E-state index in [1.807, 2.05) is 18.2 Å². The van der Waals surface area contributed by atoms with Gasteiger partial charge in [-0.2, -0.15) is 0 Å². The Labute approximate surface area is 183 Å². The van der Waals surface area contributed by atoms with Crippen molar-refractivity contribution in [3.63, 3.8) is 0 Å². The largest absolute Gasteiger partial charge is 0.444 e. The van der Waals surface area contributed by atoms with Gasteiger partial charge in [0.2, 0.25) is 0 Å². The van der Waals surface area contributed by atoms with Gasteiger partial charge in [0.15, 0.2) is 14.4 Å². The average Bonchev–Trinajstić information content (AvgIpc) is 2.66. The minimum absolute atomic E-state index is 0.151. The van der Waals surface area contributed by atoms with Crippen LogP contribution in [-0.4, -0.2) is 20.4 Å². The molecule has 1 aromatic rings. The third-order valence-corrected chi connectivity index (χ3v) is 10.1. The van der Waals surface area contributed by atoms with Crippen molar-refractivity contribution in [2.75, 3.05) is 0 Å². The maximum atomic E-state index is 11.7. The van der Waals surface area contributed by atoms with Crippen LogP contribution in [0.4, 0.5) is 0 Å². The fourth-order valence-electron chi connectivity index (χ4n) is 2.72. The van der Waals surface area contributed by atoms with Gasteiger partial charge >= 0.3 is 5.97 Å². The molecular formula is C26H34O3Si. The van der Waals surface area contributed by atoms with E-state index in [-0.39, 0.29) is 11.0 Å². The predicted molar refractivity (Wildman–Crippen MR) is 126 cm³/mol. The molecule has 0 amide bonds. The Hall–Kier alpha value is -2.27. The Morgan fingerprint density at radius 3 is 2.50 bits per heavy atom. The summed E-state index contributed by atoms with van der Waals surface area (Å²) >= 11 is 0. The number of carbonyl (C=O) groups excluding carboxylic acids is 1. The maximum Gasteiger partial charge on any atom is 0.304 e. The van der Waals surface area contributed by atoms with E-state index >= 15 is 0 Å². The molecule has 4 heteroatoms. The van der Waals surface area contributed by atoms with Crippen LogP contribution >= 0.6 is 0 Å². The van der Waals surface area contributed by atoms with Crippen LogP contribution < -0.4 is 0 Å². The molecule has 1 atom stereocenters.